The summed E-state index contributed by atoms with van der Waals surface area (Å²) < 4.78 is 0. The van der Waals surface area contributed by atoms with E-state index in [0.29, 0.717) is 6.04 Å². The molecule has 1 heterocycles. The van der Waals surface area contributed by atoms with Crippen molar-refractivity contribution in [2.75, 3.05) is 0 Å². The van der Waals surface area contributed by atoms with Crippen LogP contribution in [-0.4, -0.2) is 11.0 Å². The van der Waals surface area contributed by atoms with Gasteiger partial charge in [-0.2, -0.15) is 0 Å². The van der Waals surface area contributed by atoms with Crippen LogP contribution in [0.5, 0.6) is 0 Å². The lowest BCUT2D eigenvalue weighted by molar-refractivity contribution is 0.590. The highest BCUT2D eigenvalue weighted by Gasteiger charge is 2.11. The fraction of sp³-hybridized carbons (Fsp3) is 0.438. The molecule has 0 fully saturated rings. The summed E-state index contributed by atoms with van der Waals surface area (Å²) in [7, 11) is 0. The lowest BCUT2D eigenvalue weighted by Gasteiger charge is -2.06. The SMILES string of the molecule is CCc1nc(-c2cccc(C)c2)sc1CNC(C)C. The second-order valence-electron chi connectivity index (χ2n) is 5.15. The molecule has 2 rings (SSSR count). The van der Waals surface area contributed by atoms with Crippen LogP contribution in [0.2, 0.25) is 0 Å². The number of hydrogen-bond acceptors (Lipinski definition) is 3. The number of aryl methyl sites for hydroxylation is 2. The lowest BCUT2D eigenvalue weighted by atomic mass is 10.1. The smallest absolute Gasteiger partial charge is 0.123 e. The first-order chi connectivity index (χ1) is 9.10. The number of benzene rings is 1. The molecule has 0 unspecified atom stereocenters. The van der Waals surface area contributed by atoms with Crippen molar-refractivity contribution in [3.05, 3.63) is 40.4 Å². The highest BCUT2D eigenvalue weighted by Crippen LogP contribution is 2.29. The van der Waals surface area contributed by atoms with E-state index < -0.39 is 0 Å². The fourth-order valence-electron chi connectivity index (χ4n) is 2.00. The van der Waals surface area contributed by atoms with Crippen molar-refractivity contribution in [3.63, 3.8) is 0 Å². The standard InChI is InChI=1S/C16H22N2S/c1-5-14-15(10-17-11(2)3)19-16(18-14)13-8-6-7-12(4)9-13/h6-9,11,17H,5,10H2,1-4H3. The number of nitrogens with zero attached hydrogens (tertiary/aromatic N) is 1. The highest BCUT2D eigenvalue weighted by atomic mass is 32.1. The van der Waals surface area contributed by atoms with Crippen LogP contribution in [0.15, 0.2) is 24.3 Å². The molecule has 0 atom stereocenters. The van der Waals surface area contributed by atoms with Crippen LogP contribution in [-0.2, 0) is 13.0 Å². The summed E-state index contributed by atoms with van der Waals surface area (Å²) in [5.41, 5.74) is 3.75. The summed E-state index contributed by atoms with van der Waals surface area (Å²) in [5, 5.41) is 4.62. The third kappa shape index (κ3) is 3.64. The Morgan fingerprint density at radius 3 is 2.74 bits per heavy atom. The molecule has 2 nitrogen and oxygen atoms in total. The van der Waals surface area contributed by atoms with E-state index in [-0.39, 0.29) is 0 Å². The van der Waals surface area contributed by atoms with Crippen LogP contribution in [0.25, 0.3) is 10.6 Å². The topological polar surface area (TPSA) is 24.9 Å². The average molecular weight is 274 g/mol. The van der Waals surface area contributed by atoms with Gasteiger partial charge in [0.05, 0.1) is 5.69 Å². The number of aromatic nitrogens is 1. The van der Waals surface area contributed by atoms with Crippen molar-refractivity contribution < 1.29 is 0 Å². The van der Waals surface area contributed by atoms with Crippen LogP contribution in [0, 0.1) is 6.92 Å². The van der Waals surface area contributed by atoms with Crippen molar-refractivity contribution in [1.29, 1.82) is 0 Å². The second-order valence-corrected chi connectivity index (χ2v) is 6.23. The molecule has 0 aliphatic rings. The van der Waals surface area contributed by atoms with Gasteiger partial charge in [-0.25, -0.2) is 4.98 Å². The predicted octanol–water partition coefficient (Wildman–Crippen LogP) is 4.18. The third-order valence-electron chi connectivity index (χ3n) is 3.05. The molecule has 0 amide bonds. The van der Waals surface area contributed by atoms with Crippen molar-refractivity contribution in [3.8, 4) is 10.6 Å². The van der Waals surface area contributed by atoms with Gasteiger partial charge in [-0.1, -0.05) is 44.5 Å². The number of hydrogen-bond donors (Lipinski definition) is 1. The molecule has 0 saturated heterocycles. The van der Waals surface area contributed by atoms with Crippen LogP contribution >= 0.6 is 11.3 Å². The van der Waals surface area contributed by atoms with E-state index in [1.165, 1.54) is 21.7 Å². The first kappa shape index (κ1) is 14.2. The Bertz CT molecular complexity index is 543. The zero-order valence-corrected chi connectivity index (χ0v) is 13.0. The molecule has 3 heteroatoms. The largest absolute Gasteiger partial charge is 0.310 e. The van der Waals surface area contributed by atoms with Gasteiger partial charge < -0.3 is 5.32 Å². The van der Waals surface area contributed by atoms with Gasteiger partial charge in [-0.05, 0) is 19.4 Å². The predicted molar refractivity (Wildman–Crippen MR) is 83.6 cm³/mol. The van der Waals surface area contributed by atoms with Gasteiger partial charge in [0.2, 0.25) is 0 Å². The summed E-state index contributed by atoms with van der Waals surface area (Å²) in [5.74, 6) is 0. The van der Waals surface area contributed by atoms with Gasteiger partial charge in [0, 0.05) is 23.0 Å². The van der Waals surface area contributed by atoms with E-state index in [0.717, 1.165) is 18.0 Å². The Labute approximate surface area is 119 Å². The van der Waals surface area contributed by atoms with Gasteiger partial charge in [0.15, 0.2) is 0 Å². The molecule has 0 radical (unpaired) electrons. The number of rotatable bonds is 5. The van der Waals surface area contributed by atoms with Crippen molar-refractivity contribution in [1.82, 2.24) is 10.3 Å². The molecule has 19 heavy (non-hydrogen) atoms. The molecule has 0 saturated carbocycles. The van der Waals surface area contributed by atoms with E-state index in [4.69, 9.17) is 4.98 Å². The van der Waals surface area contributed by atoms with E-state index in [1.54, 1.807) is 0 Å². The maximum atomic E-state index is 4.80. The van der Waals surface area contributed by atoms with Gasteiger partial charge in [0.25, 0.3) is 0 Å². The van der Waals surface area contributed by atoms with Crippen LogP contribution < -0.4 is 5.32 Å². The number of nitrogens with one attached hydrogen (secondary N) is 1. The van der Waals surface area contributed by atoms with Crippen LogP contribution in [0.1, 0.15) is 36.9 Å². The maximum Gasteiger partial charge on any atom is 0.123 e. The highest BCUT2D eigenvalue weighted by molar-refractivity contribution is 7.15. The Kier molecular flexibility index (Phi) is 4.72. The van der Waals surface area contributed by atoms with Crippen molar-refractivity contribution in [2.24, 2.45) is 0 Å². The lowest BCUT2D eigenvalue weighted by Crippen LogP contribution is -2.21. The van der Waals surface area contributed by atoms with E-state index in [2.05, 4.69) is 57.3 Å². The molecule has 102 valence electrons. The molecular formula is C16H22N2S. The summed E-state index contributed by atoms with van der Waals surface area (Å²) in [4.78, 5) is 6.16. The Hall–Kier alpha value is -1.19. The second kappa shape index (κ2) is 6.31. The molecule has 0 bridgehead atoms. The fourth-order valence-corrected chi connectivity index (χ4v) is 3.09. The van der Waals surface area contributed by atoms with Crippen LogP contribution in [0.3, 0.4) is 0 Å². The quantitative estimate of drug-likeness (QED) is 0.884. The van der Waals surface area contributed by atoms with Gasteiger partial charge in [-0.3, -0.25) is 0 Å². The Morgan fingerprint density at radius 1 is 1.32 bits per heavy atom. The Morgan fingerprint density at radius 2 is 2.11 bits per heavy atom. The molecule has 0 aliphatic heterocycles. The first-order valence-electron chi connectivity index (χ1n) is 6.89. The molecule has 0 aliphatic carbocycles. The Balaban J connectivity index is 2.27. The molecule has 1 aromatic heterocycles. The van der Waals surface area contributed by atoms with E-state index >= 15 is 0 Å². The minimum atomic E-state index is 0.509. The minimum absolute atomic E-state index is 0.509. The normalized spacial score (nSPS) is 11.2. The molecular weight excluding hydrogens is 252 g/mol. The average Bonchev–Trinajstić information content (AvgIpc) is 2.79. The maximum absolute atomic E-state index is 4.80. The van der Waals surface area contributed by atoms with Crippen molar-refractivity contribution in [2.45, 2.75) is 46.7 Å². The molecule has 2 aromatic rings. The van der Waals surface area contributed by atoms with Crippen LogP contribution in [0.4, 0.5) is 0 Å². The van der Waals surface area contributed by atoms with Gasteiger partial charge >= 0.3 is 0 Å². The van der Waals surface area contributed by atoms with Gasteiger partial charge in [-0.15, -0.1) is 11.3 Å². The summed E-state index contributed by atoms with van der Waals surface area (Å²) in [6.45, 7) is 9.57. The van der Waals surface area contributed by atoms with Crippen molar-refractivity contribution >= 4 is 11.3 Å². The summed E-state index contributed by atoms with van der Waals surface area (Å²) in [6.07, 6.45) is 0.997. The first-order valence-corrected chi connectivity index (χ1v) is 7.70. The van der Waals surface area contributed by atoms with E-state index in [1.807, 2.05) is 11.3 Å². The third-order valence-corrected chi connectivity index (χ3v) is 4.20. The zero-order chi connectivity index (χ0) is 13.8. The zero-order valence-electron chi connectivity index (χ0n) is 12.2. The van der Waals surface area contributed by atoms with E-state index in [9.17, 15) is 0 Å². The molecule has 1 N–H and O–H groups in total. The monoisotopic (exact) mass is 274 g/mol. The number of thiazole rings is 1. The molecule has 1 aromatic carbocycles. The minimum Gasteiger partial charge on any atom is -0.310 e. The van der Waals surface area contributed by atoms with Gasteiger partial charge in [0.1, 0.15) is 5.01 Å². The molecule has 0 spiro atoms. The summed E-state index contributed by atoms with van der Waals surface area (Å²) in [6, 6.07) is 9.08. The summed E-state index contributed by atoms with van der Waals surface area (Å²) >= 11 is 1.81.